The van der Waals surface area contributed by atoms with E-state index in [9.17, 15) is 23.3 Å². The largest absolute Gasteiger partial charge is 0.416 e. The van der Waals surface area contributed by atoms with Crippen molar-refractivity contribution < 1.29 is 18.1 Å². The van der Waals surface area contributed by atoms with Gasteiger partial charge in [-0.05, 0) is 48.9 Å². The third-order valence-corrected chi connectivity index (χ3v) is 5.27. The van der Waals surface area contributed by atoms with Crippen LogP contribution in [-0.4, -0.2) is 10.6 Å². The lowest BCUT2D eigenvalue weighted by atomic mass is 9.84. The summed E-state index contributed by atoms with van der Waals surface area (Å²) in [5, 5.41) is 15.3. The molecule has 8 heteroatoms. The molecule has 3 rings (SSSR count). The molecule has 1 saturated carbocycles. The fraction of sp³-hybridized carbons (Fsp3) is 0.381. The van der Waals surface area contributed by atoms with E-state index in [2.05, 4.69) is 22.7 Å². The first kappa shape index (κ1) is 20.8. The first-order valence-corrected chi connectivity index (χ1v) is 9.52. The highest BCUT2D eigenvalue weighted by atomic mass is 19.4. The zero-order valence-corrected chi connectivity index (χ0v) is 16.0. The lowest BCUT2D eigenvalue weighted by molar-refractivity contribution is -0.384. The van der Waals surface area contributed by atoms with Gasteiger partial charge < -0.3 is 0 Å². The van der Waals surface area contributed by atoms with Crippen molar-refractivity contribution in [1.29, 1.82) is 0 Å². The third-order valence-electron chi connectivity index (χ3n) is 5.27. The number of hydrogen-bond donors (Lipinski definition) is 1. The molecule has 1 fully saturated rings. The summed E-state index contributed by atoms with van der Waals surface area (Å²) in [4.78, 5) is 10.3. The normalized spacial score (nSPS) is 15.9. The number of anilines is 1. The van der Waals surface area contributed by atoms with Gasteiger partial charge in [0.25, 0.3) is 5.69 Å². The minimum atomic E-state index is -4.65. The van der Waals surface area contributed by atoms with Crippen LogP contribution in [0, 0.1) is 10.1 Å². The molecule has 0 bridgehead atoms. The predicted molar refractivity (Wildman–Crippen MR) is 106 cm³/mol. The van der Waals surface area contributed by atoms with Crippen molar-refractivity contribution in [2.24, 2.45) is 5.10 Å². The third kappa shape index (κ3) is 5.13. The maximum atomic E-state index is 12.8. The Labute approximate surface area is 166 Å². The Morgan fingerprint density at radius 3 is 2.34 bits per heavy atom. The number of nitro groups is 1. The molecule has 5 nitrogen and oxygen atoms in total. The van der Waals surface area contributed by atoms with Gasteiger partial charge in [-0.3, -0.25) is 15.5 Å². The van der Waals surface area contributed by atoms with E-state index in [0.29, 0.717) is 17.7 Å². The number of nitro benzene ring substituents is 1. The van der Waals surface area contributed by atoms with E-state index in [1.807, 2.05) is 12.1 Å². The molecule has 0 aliphatic heterocycles. The van der Waals surface area contributed by atoms with Gasteiger partial charge in [0.2, 0.25) is 0 Å². The van der Waals surface area contributed by atoms with Gasteiger partial charge in [-0.1, -0.05) is 43.5 Å². The van der Waals surface area contributed by atoms with Crippen LogP contribution in [-0.2, 0) is 6.18 Å². The SMILES string of the molecule is C/C(=N\Nc1ccc(C(F)(F)F)cc1[N+](=O)[O-])c1ccc(C2CCCCC2)cc1. The fourth-order valence-corrected chi connectivity index (χ4v) is 3.59. The molecular weight excluding hydrogens is 383 g/mol. The number of benzene rings is 2. The van der Waals surface area contributed by atoms with Crippen molar-refractivity contribution in [3.63, 3.8) is 0 Å². The lowest BCUT2D eigenvalue weighted by Gasteiger charge is -2.22. The van der Waals surface area contributed by atoms with Crippen LogP contribution in [0.5, 0.6) is 0 Å². The number of halogens is 3. The van der Waals surface area contributed by atoms with E-state index >= 15 is 0 Å². The van der Waals surface area contributed by atoms with Crippen molar-refractivity contribution in [3.8, 4) is 0 Å². The molecule has 0 radical (unpaired) electrons. The Balaban J connectivity index is 1.76. The van der Waals surface area contributed by atoms with E-state index in [4.69, 9.17) is 0 Å². The Bertz CT molecular complexity index is 902. The van der Waals surface area contributed by atoms with Crippen molar-refractivity contribution in [2.75, 3.05) is 5.43 Å². The molecule has 0 amide bonds. The summed E-state index contributed by atoms with van der Waals surface area (Å²) in [5.41, 5.74) is 3.40. The molecular formula is C21H22F3N3O2. The summed E-state index contributed by atoms with van der Waals surface area (Å²) in [6, 6.07) is 10.4. The lowest BCUT2D eigenvalue weighted by Crippen LogP contribution is -2.07. The van der Waals surface area contributed by atoms with Crippen molar-refractivity contribution >= 4 is 17.1 Å². The highest BCUT2D eigenvalue weighted by molar-refractivity contribution is 5.99. The smallest absolute Gasteiger partial charge is 0.271 e. The van der Waals surface area contributed by atoms with Crippen LogP contribution in [0.4, 0.5) is 24.5 Å². The maximum Gasteiger partial charge on any atom is 0.416 e. The number of rotatable bonds is 5. The maximum absolute atomic E-state index is 12.8. The topological polar surface area (TPSA) is 67.5 Å². The minimum absolute atomic E-state index is 0.0961. The zero-order valence-electron chi connectivity index (χ0n) is 16.0. The molecule has 1 aliphatic carbocycles. The highest BCUT2D eigenvalue weighted by Gasteiger charge is 2.33. The van der Waals surface area contributed by atoms with Gasteiger partial charge in [0.05, 0.1) is 16.2 Å². The molecule has 2 aromatic rings. The molecule has 1 N–H and O–H groups in total. The molecule has 154 valence electrons. The molecule has 2 aromatic carbocycles. The average molecular weight is 405 g/mol. The van der Waals surface area contributed by atoms with Gasteiger partial charge in [-0.15, -0.1) is 0 Å². The number of hydrazone groups is 1. The van der Waals surface area contributed by atoms with Crippen LogP contribution in [0.15, 0.2) is 47.6 Å². The van der Waals surface area contributed by atoms with E-state index in [1.54, 1.807) is 6.92 Å². The van der Waals surface area contributed by atoms with Crippen molar-refractivity contribution in [3.05, 3.63) is 69.3 Å². The van der Waals surface area contributed by atoms with Crippen LogP contribution in [0.2, 0.25) is 0 Å². The Hall–Kier alpha value is -2.90. The van der Waals surface area contributed by atoms with Gasteiger partial charge >= 0.3 is 6.18 Å². The fourth-order valence-electron chi connectivity index (χ4n) is 3.59. The summed E-state index contributed by atoms with van der Waals surface area (Å²) >= 11 is 0. The van der Waals surface area contributed by atoms with Gasteiger partial charge in [-0.2, -0.15) is 18.3 Å². The molecule has 0 saturated heterocycles. The highest BCUT2D eigenvalue weighted by Crippen LogP contribution is 2.35. The van der Waals surface area contributed by atoms with Crippen molar-refractivity contribution in [2.45, 2.75) is 51.1 Å². The zero-order chi connectivity index (χ0) is 21.0. The van der Waals surface area contributed by atoms with Gasteiger partial charge in [0, 0.05) is 6.07 Å². The standard InChI is InChI=1S/C21H22F3N3O2/c1-14(15-7-9-17(10-8-15)16-5-3-2-4-6-16)25-26-19-12-11-18(21(22,23)24)13-20(19)27(28)29/h7-13,16,26H,2-6H2,1H3/b25-14+. The van der Waals surface area contributed by atoms with Crippen LogP contribution >= 0.6 is 0 Å². The molecule has 0 heterocycles. The molecule has 0 spiro atoms. The number of hydrogen-bond acceptors (Lipinski definition) is 4. The Kier molecular flexibility index (Phi) is 6.20. The van der Waals surface area contributed by atoms with E-state index < -0.39 is 22.4 Å². The Morgan fingerprint density at radius 2 is 1.76 bits per heavy atom. The van der Waals surface area contributed by atoms with Gasteiger partial charge in [0.1, 0.15) is 5.69 Å². The van der Waals surface area contributed by atoms with Gasteiger partial charge in [-0.25, -0.2) is 0 Å². The second-order valence-corrected chi connectivity index (χ2v) is 7.25. The minimum Gasteiger partial charge on any atom is -0.271 e. The van der Waals surface area contributed by atoms with Gasteiger partial charge in [0.15, 0.2) is 0 Å². The second kappa shape index (κ2) is 8.63. The van der Waals surface area contributed by atoms with Crippen LogP contribution in [0.1, 0.15) is 61.6 Å². The quantitative estimate of drug-likeness (QED) is 0.351. The van der Waals surface area contributed by atoms with Crippen LogP contribution in [0.25, 0.3) is 0 Å². The van der Waals surface area contributed by atoms with Crippen molar-refractivity contribution in [1.82, 2.24) is 0 Å². The first-order valence-electron chi connectivity index (χ1n) is 9.52. The average Bonchev–Trinajstić information content (AvgIpc) is 2.72. The number of nitrogens with one attached hydrogen (secondary N) is 1. The van der Waals surface area contributed by atoms with Crippen LogP contribution in [0.3, 0.4) is 0 Å². The molecule has 1 aliphatic rings. The van der Waals surface area contributed by atoms with E-state index in [1.165, 1.54) is 37.7 Å². The van der Waals surface area contributed by atoms with E-state index in [-0.39, 0.29) is 5.69 Å². The van der Waals surface area contributed by atoms with Crippen LogP contribution < -0.4 is 5.43 Å². The molecule has 29 heavy (non-hydrogen) atoms. The summed E-state index contributed by atoms with van der Waals surface area (Å²) in [6.45, 7) is 1.73. The monoisotopic (exact) mass is 405 g/mol. The Morgan fingerprint density at radius 1 is 1.10 bits per heavy atom. The molecule has 0 aromatic heterocycles. The number of alkyl halides is 3. The molecule has 0 unspecified atom stereocenters. The summed E-state index contributed by atoms with van der Waals surface area (Å²) in [7, 11) is 0. The summed E-state index contributed by atoms with van der Waals surface area (Å²) < 4.78 is 38.4. The van der Waals surface area contributed by atoms with E-state index in [0.717, 1.165) is 17.7 Å². The second-order valence-electron chi connectivity index (χ2n) is 7.25. The summed E-state index contributed by atoms with van der Waals surface area (Å²) in [6.07, 6.45) is 1.55. The first-order chi connectivity index (χ1) is 13.8. The number of nitrogens with zero attached hydrogens (tertiary/aromatic N) is 2. The summed E-state index contributed by atoms with van der Waals surface area (Å²) in [5.74, 6) is 0.586. The predicted octanol–water partition coefficient (Wildman–Crippen LogP) is 6.50. The molecule has 0 atom stereocenters.